The summed E-state index contributed by atoms with van der Waals surface area (Å²) >= 11 is 0. The maximum atomic E-state index is 5.53. The quantitative estimate of drug-likeness (QED) is 0.850. The Bertz CT molecular complexity index is 331. The first-order valence-electron chi connectivity index (χ1n) is 6.20. The van der Waals surface area contributed by atoms with Gasteiger partial charge in [-0.2, -0.15) is 0 Å². The highest BCUT2D eigenvalue weighted by Crippen LogP contribution is 2.13. The van der Waals surface area contributed by atoms with E-state index in [-0.39, 0.29) is 6.10 Å². The summed E-state index contributed by atoms with van der Waals surface area (Å²) in [6.45, 7) is 8.03. The molecule has 94 valence electrons. The molecule has 0 aliphatic carbocycles. The van der Waals surface area contributed by atoms with E-state index >= 15 is 0 Å². The molecule has 1 aromatic heterocycles. The van der Waals surface area contributed by atoms with Crippen molar-refractivity contribution in [2.45, 2.75) is 26.4 Å². The van der Waals surface area contributed by atoms with Crippen molar-refractivity contribution >= 4 is 5.95 Å². The maximum absolute atomic E-state index is 5.53. The molecule has 0 atom stereocenters. The van der Waals surface area contributed by atoms with E-state index in [4.69, 9.17) is 4.74 Å². The second-order valence-electron chi connectivity index (χ2n) is 4.48. The van der Waals surface area contributed by atoms with Gasteiger partial charge in [0.15, 0.2) is 5.75 Å². The monoisotopic (exact) mass is 236 g/mol. The Morgan fingerprint density at radius 2 is 2.00 bits per heavy atom. The van der Waals surface area contributed by atoms with Crippen LogP contribution < -0.4 is 15.0 Å². The number of aromatic nitrogens is 2. The molecule has 1 fully saturated rings. The van der Waals surface area contributed by atoms with Crippen LogP contribution in [0, 0.1) is 0 Å². The molecule has 0 radical (unpaired) electrons. The minimum Gasteiger partial charge on any atom is -0.488 e. The van der Waals surface area contributed by atoms with Crippen LogP contribution in [0.5, 0.6) is 5.75 Å². The Morgan fingerprint density at radius 1 is 1.24 bits per heavy atom. The Kier molecular flexibility index (Phi) is 4.14. The number of anilines is 1. The molecule has 17 heavy (non-hydrogen) atoms. The van der Waals surface area contributed by atoms with E-state index in [1.54, 1.807) is 12.4 Å². The Morgan fingerprint density at radius 3 is 2.71 bits per heavy atom. The zero-order valence-electron chi connectivity index (χ0n) is 10.5. The summed E-state index contributed by atoms with van der Waals surface area (Å²) in [4.78, 5) is 10.9. The van der Waals surface area contributed by atoms with Crippen molar-refractivity contribution in [1.82, 2.24) is 15.3 Å². The summed E-state index contributed by atoms with van der Waals surface area (Å²) in [7, 11) is 0. The zero-order chi connectivity index (χ0) is 12.1. The molecular weight excluding hydrogens is 216 g/mol. The molecule has 5 heteroatoms. The third-order valence-electron chi connectivity index (χ3n) is 2.61. The van der Waals surface area contributed by atoms with Gasteiger partial charge in [0, 0.05) is 19.6 Å². The van der Waals surface area contributed by atoms with Crippen LogP contribution in [0.4, 0.5) is 5.95 Å². The summed E-state index contributed by atoms with van der Waals surface area (Å²) in [5, 5.41) is 3.36. The minimum absolute atomic E-state index is 0.159. The van der Waals surface area contributed by atoms with Gasteiger partial charge in [0.05, 0.1) is 18.5 Å². The smallest absolute Gasteiger partial charge is 0.225 e. The van der Waals surface area contributed by atoms with Crippen molar-refractivity contribution in [3.63, 3.8) is 0 Å². The second-order valence-corrected chi connectivity index (χ2v) is 4.48. The average Bonchev–Trinajstić information content (AvgIpc) is 2.58. The van der Waals surface area contributed by atoms with Gasteiger partial charge in [0.1, 0.15) is 0 Å². The molecule has 1 saturated heterocycles. The normalized spacial score (nSPS) is 17.0. The van der Waals surface area contributed by atoms with Crippen molar-refractivity contribution < 1.29 is 4.74 Å². The van der Waals surface area contributed by atoms with Gasteiger partial charge in [-0.15, -0.1) is 0 Å². The summed E-state index contributed by atoms with van der Waals surface area (Å²) < 4.78 is 5.53. The largest absolute Gasteiger partial charge is 0.488 e. The zero-order valence-corrected chi connectivity index (χ0v) is 10.5. The van der Waals surface area contributed by atoms with Gasteiger partial charge in [-0.1, -0.05) is 0 Å². The molecular formula is C12H20N4O. The summed E-state index contributed by atoms with van der Waals surface area (Å²) in [6, 6.07) is 0. The van der Waals surface area contributed by atoms with Crippen molar-refractivity contribution in [2.75, 3.05) is 31.1 Å². The van der Waals surface area contributed by atoms with Gasteiger partial charge in [0.2, 0.25) is 5.95 Å². The van der Waals surface area contributed by atoms with Crippen LogP contribution in [0.25, 0.3) is 0 Å². The number of ether oxygens (including phenoxy) is 1. The number of nitrogens with one attached hydrogen (secondary N) is 1. The van der Waals surface area contributed by atoms with Crippen LogP contribution in [0.15, 0.2) is 12.4 Å². The third kappa shape index (κ3) is 3.56. The first-order valence-corrected chi connectivity index (χ1v) is 6.20. The average molecular weight is 236 g/mol. The lowest BCUT2D eigenvalue weighted by atomic mass is 10.4. The fraction of sp³-hybridized carbons (Fsp3) is 0.667. The third-order valence-corrected chi connectivity index (χ3v) is 2.61. The molecule has 1 N–H and O–H groups in total. The Hall–Kier alpha value is -1.36. The topological polar surface area (TPSA) is 50.3 Å². The molecule has 1 aliphatic rings. The van der Waals surface area contributed by atoms with E-state index in [9.17, 15) is 0 Å². The van der Waals surface area contributed by atoms with Gasteiger partial charge >= 0.3 is 0 Å². The maximum Gasteiger partial charge on any atom is 0.225 e. The summed E-state index contributed by atoms with van der Waals surface area (Å²) in [5.74, 6) is 1.53. The van der Waals surface area contributed by atoms with E-state index in [1.807, 2.05) is 13.8 Å². The number of hydrogen-bond acceptors (Lipinski definition) is 5. The van der Waals surface area contributed by atoms with Crippen molar-refractivity contribution in [1.29, 1.82) is 0 Å². The predicted molar refractivity (Wildman–Crippen MR) is 67.5 cm³/mol. The molecule has 5 nitrogen and oxygen atoms in total. The highest BCUT2D eigenvalue weighted by Gasteiger charge is 2.11. The second kappa shape index (κ2) is 5.82. The standard InChI is InChI=1S/C12H20N4O/c1-10(2)17-11-8-14-12(15-9-11)16-6-3-4-13-5-7-16/h8-10,13H,3-7H2,1-2H3. The first kappa shape index (κ1) is 12.1. The molecule has 0 saturated carbocycles. The van der Waals surface area contributed by atoms with Gasteiger partial charge < -0.3 is 15.0 Å². The summed E-state index contributed by atoms with van der Waals surface area (Å²) in [5.41, 5.74) is 0. The van der Waals surface area contributed by atoms with Crippen LogP contribution in [0.2, 0.25) is 0 Å². The number of rotatable bonds is 3. The lowest BCUT2D eigenvalue weighted by Crippen LogP contribution is -2.29. The van der Waals surface area contributed by atoms with Crippen LogP contribution in [-0.4, -0.2) is 42.3 Å². The highest BCUT2D eigenvalue weighted by molar-refractivity contribution is 5.31. The molecule has 2 rings (SSSR count). The van der Waals surface area contributed by atoms with Crippen LogP contribution in [0.1, 0.15) is 20.3 Å². The lowest BCUT2D eigenvalue weighted by Gasteiger charge is -2.19. The Labute approximate surface area is 102 Å². The number of hydrogen-bond donors (Lipinski definition) is 1. The van der Waals surface area contributed by atoms with Gasteiger partial charge in [0.25, 0.3) is 0 Å². The summed E-state index contributed by atoms with van der Waals surface area (Å²) in [6.07, 6.45) is 4.79. The fourth-order valence-corrected chi connectivity index (χ4v) is 1.85. The lowest BCUT2D eigenvalue weighted by molar-refractivity contribution is 0.240. The van der Waals surface area contributed by atoms with E-state index < -0.39 is 0 Å². The molecule has 1 aromatic rings. The molecule has 0 bridgehead atoms. The van der Waals surface area contributed by atoms with Crippen LogP contribution in [-0.2, 0) is 0 Å². The predicted octanol–water partition coefficient (Wildman–Crippen LogP) is 1.06. The molecule has 1 aliphatic heterocycles. The van der Waals surface area contributed by atoms with Crippen molar-refractivity contribution in [2.24, 2.45) is 0 Å². The highest BCUT2D eigenvalue weighted by atomic mass is 16.5. The van der Waals surface area contributed by atoms with Crippen LogP contribution >= 0.6 is 0 Å². The van der Waals surface area contributed by atoms with Gasteiger partial charge in [-0.3, -0.25) is 0 Å². The van der Waals surface area contributed by atoms with Crippen molar-refractivity contribution in [3.8, 4) is 5.75 Å². The van der Waals surface area contributed by atoms with E-state index in [0.29, 0.717) is 0 Å². The fourth-order valence-electron chi connectivity index (χ4n) is 1.85. The van der Waals surface area contributed by atoms with E-state index in [0.717, 1.165) is 44.3 Å². The molecule has 0 unspecified atom stereocenters. The van der Waals surface area contributed by atoms with E-state index in [2.05, 4.69) is 20.2 Å². The molecule has 0 spiro atoms. The molecule has 2 heterocycles. The first-order chi connectivity index (χ1) is 8.25. The van der Waals surface area contributed by atoms with E-state index in [1.165, 1.54) is 0 Å². The van der Waals surface area contributed by atoms with Crippen molar-refractivity contribution in [3.05, 3.63) is 12.4 Å². The number of nitrogens with zero attached hydrogens (tertiary/aromatic N) is 3. The molecule has 0 amide bonds. The van der Waals surface area contributed by atoms with Gasteiger partial charge in [-0.05, 0) is 26.8 Å². The molecule has 0 aromatic carbocycles. The van der Waals surface area contributed by atoms with Crippen LogP contribution in [0.3, 0.4) is 0 Å². The Balaban J connectivity index is 2.00. The minimum atomic E-state index is 0.159. The SMILES string of the molecule is CC(C)Oc1cnc(N2CCCNCC2)nc1. The van der Waals surface area contributed by atoms with Gasteiger partial charge in [-0.25, -0.2) is 9.97 Å².